The van der Waals surface area contributed by atoms with Crippen molar-refractivity contribution >= 4 is 28.3 Å². The van der Waals surface area contributed by atoms with Gasteiger partial charge in [0.1, 0.15) is 0 Å². The zero-order valence-electron chi connectivity index (χ0n) is 11.1. The molecule has 1 heterocycles. The van der Waals surface area contributed by atoms with Crippen LogP contribution in [0.3, 0.4) is 0 Å². The summed E-state index contributed by atoms with van der Waals surface area (Å²) in [6, 6.07) is 17.0. The van der Waals surface area contributed by atoms with Gasteiger partial charge in [-0.15, -0.1) is 0 Å². The number of carbonyl (C=O) groups is 1. The van der Waals surface area contributed by atoms with Crippen LogP contribution >= 0.6 is 0 Å². The molecule has 0 aliphatic heterocycles. The standard InChI is InChI=1S/C16H15N3O/c1-19-11-10-12-6-5-9-14(15(12)19)18-16(20)17-13-7-3-2-4-8-13/h2-11H,1H3,(H2,17,18,20). The molecule has 100 valence electrons. The Morgan fingerprint density at radius 2 is 1.75 bits per heavy atom. The number of nitrogens with one attached hydrogen (secondary N) is 2. The van der Waals surface area contributed by atoms with Crippen LogP contribution in [0.25, 0.3) is 10.9 Å². The molecule has 2 aromatic carbocycles. The summed E-state index contributed by atoms with van der Waals surface area (Å²) >= 11 is 0. The number of aryl methyl sites for hydroxylation is 1. The average molecular weight is 265 g/mol. The van der Waals surface area contributed by atoms with E-state index in [1.54, 1.807) is 0 Å². The van der Waals surface area contributed by atoms with Crippen LogP contribution in [-0.2, 0) is 7.05 Å². The van der Waals surface area contributed by atoms with Crippen molar-refractivity contribution in [3.8, 4) is 0 Å². The van der Waals surface area contributed by atoms with Crippen molar-refractivity contribution in [2.75, 3.05) is 10.6 Å². The second kappa shape index (κ2) is 5.09. The fourth-order valence-electron chi connectivity index (χ4n) is 2.26. The first-order valence-electron chi connectivity index (χ1n) is 6.41. The number of hydrogen-bond acceptors (Lipinski definition) is 1. The molecular weight excluding hydrogens is 250 g/mol. The molecule has 4 nitrogen and oxygen atoms in total. The Balaban J connectivity index is 1.83. The molecule has 1 aromatic heterocycles. The molecule has 0 atom stereocenters. The molecule has 0 spiro atoms. The first kappa shape index (κ1) is 12.3. The number of urea groups is 1. The van der Waals surface area contributed by atoms with Crippen LogP contribution < -0.4 is 10.6 Å². The Labute approximate surface area is 117 Å². The smallest absolute Gasteiger partial charge is 0.323 e. The van der Waals surface area contributed by atoms with Gasteiger partial charge in [0.15, 0.2) is 0 Å². The molecule has 0 radical (unpaired) electrons. The molecule has 0 unspecified atom stereocenters. The molecule has 0 bridgehead atoms. The SMILES string of the molecule is Cn1ccc2cccc(NC(=O)Nc3ccccc3)c21. The minimum atomic E-state index is -0.245. The first-order chi connectivity index (χ1) is 9.74. The summed E-state index contributed by atoms with van der Waals surface area (Å²) in [5, 5.41) is 6.80. The molecule has 0 fully saturated rings. The number of rotatable bonds is 2. The Hall–Kier alpha value is -2.75. The van der Waals surface area contributed by atoms with E-state index >= 15 is 0 Å². The molecule has 0 aliphatic rings. The Kier molecular flexibility index (Phi) is 3.13. The third kappa shape index (κ3) is 2.36. The summed E-state index contributed by atoms with van der Waals surface area (Å²) in [7, 11) is 1.96. The normalized spacial score (nSPS) is 10.4. The van der Waals surface area contributed by atoms with Gasteiger partial charge in [0.05, 0.1) is 11.2 Å². The lowest BCUT2D eigenvalue weighted by Crippen LogP contribution is -2.19. The topological polar surface area (TPSA) is 46.1 Å². The highest BCUT2D eigenvalue weighted by molar-refractivity contribution is 6.05. The summed E-state index contributed by atoms with van der Waals surface area (Å²) in [6.07, 6.45) is 1.98. The minimum absolute atomic E-state index is 0.245. The number of hydrogen-bond donors (Lipinski definition) is 2. The van der Waals surface area contributed by atoms with Crippen LogP contribution in [0.2, 0.25) is 0 Å². The highest BCUT2D eigenvalue weighted by atomic mass is 16.2. The van der Waals surface area contributed by atoms with Crippen LogP contribution in [-0.4, -0.2) is 10.6 Å². The van der Waals surface area contributed by atoms with Gasteiger partial charge in [-0.05, 0) is 24.3 Å². The molecular formula is C16H15N3O. The van der Waals surface area contributed by atoms with E-state index in [0.717, 1.165) is 22.3 Å². The molecule has 2 N–H and O–H groups in total. The van der Waals surface area contributed by atoms with E-state index in [0.29, 0.717) is 0 Å². The molecule has 20 heavy (non-hydrogen) atoms. The Morgan fingerprint density at radius 1 is 0.950 bits per heavy atom. The summed E-state index contributed by atoms with van der Waals surface area (Å²) in [4.78, 5) is 12.0. The summed E-state index contributed by atoms with van der Waals surface area (Å²) in [6.45, 7) is 0. The van der Waals surface area contributed by atoms with Gasteiger partial charge in [-0.25, -0.2) is 4.79 Å². The van der Waals surface area contributed by atoms with Crippen molar-refractivity contribution in [2.24, 2.45) is 7.05 Å². The summed E-state index contributed by atoms with van der Waals surface area (Å²) in [5.41, 5.74) is 2.57. The van der Waals surface area contributed by atoms with E-state index in [2.05, 4.69) is 10.6 Å². The molecule has 2 amide bonds. The lowest BCUT2D eigenvalue weighted by molar-refractivity contribution is 0.262. The largest absolute Gasteiger partial charge is 0.349 e. The van der Waals surface area contributed by atoms with E-state index in [4.69, 9.17) is 0 Å². The second-order valence-electron chi connectivity index (χ2n) is 4.62. The number of aromatic nitrogens is 1. The summed E-state index contributed by atoms with van der Waals surface area (Å²) < 4.78 is 1.99. The maximum Gasteiger partial charge on any atom is 0.323 e. The van der Waals surface area contributed by atoms with Crippen LogP contribution in [0.1, 0.15) is 0 Å². The fraction of sp³-hybridized carbons (Fsp3) is 0.0625. The lowest BCUT2D eigenvalue weighted by atomic mass is 10.2. The van der Waals surface area contributed by atoms with E-state index < -0.39 is 0 Å². The van der Waals surface area contributed by atoms with Crippen molar-refractivity contribution in [3.63, 3.8) is 0 Å². The highest BCUT2D eigenvalue weighted by Gasteiger charge is 2.08. The maximum absolute atomic E-state index is 12.0. The predicted octanol–water partition coefficient (Wildman–Crippen LogP) is 3.82. The minimum Gasteiger partial charge on any atom is -0.349 e. The zero-order valence-corrected chi connectivity index (χ0v) is 11.1. The number of para-hydroxylation sites is 2. The van der Waals surface area contributed by atoms with Crippen molar-refractivity contribution in [3.05, 3.63) is 60.8 Å². The van der Waals surface area contributed by atoms with Crippen LogP contribution in [0.4, 0.5) is 16.2 Å². The van der Waals surface area contributed by atoms with E-state index in [1.165, 1.54) is 0 Å². The highest BCUT2D eigenvalue weighted by Crippen LogP contribution is 2.23. The number of fused-ring (bicyclic) bond motifs is 1. The van der Waals surface area contributed by atoms with Gasteiger partial charge in [0.2, 0.25) is 0 Å². The number of amides is 2. The number of carbonyl (C=O) groups excluding carboxylic acids is 1. The van der Waals surface area contributed by atoms with Gasteiger partial charge in [-0.3, -0.25) is 0 Å². The van der Waals surface area contributed by atoms with Gasteiger partial charge < -0.3 is 15.2 Å². The zero-order chi connectivity index (χ0) is 13.9. The predicted molar refractivity (Wildman–Crippen MR) is 82.0 cm³/mol. The first-order valence-corrected chi connectivity index (χ1v) is 6.41. The van der Waals surface area contributed by atoms with Crippen molar-refractivity contribution in [1.29, 1.82) is 0 Å². The summed E-state index contributed by atoms with van der Waals surface area (Å²) in [5.74, 6) is 0. The molecule has 0 aliphatic carbocycles. The van der Waals surface area contributed by atoms with Crippen molar-refractivity contribution in [1.82, 2.24) is 4.57 Å². The average Bonchev–Trinajstić information content (AvgIpc) is 2.83. The van der Waals surface area contributed by atoms with Crippen LogP contribution in [0.15, 0.2) is 60.8 Å². The fourth-order valence-corrected chi connectivity index (χ4v) is 2.26. The second-order valence-corrected chi connectivity index (χ2v) is 4.62. The third-order valence-electron chi connectivity index (χ3n) is 3.18. The number of anilines is 2. The van der Waals surface area contributed by atoms with Crippen molar-refractivity contribution < 1.29 is 4.79 Å². The van der Waals surface area contributed by atoms with Gasteiger partial charge in [-0.2, -0.15) is 0 Å². The van der Waals surface area contributed by atoms with Gasteiger partial charge in [0.25, 0.3) is 0 Å². The maximum atomic E-state index is 12.0. The van der Waals surface area contributed by atoms with Crippen LogP contribution in [0, 0.1) is 0 Å². The molecule has 0 saturated heterocycles. The van der Waals surface area contributed by atoms with Gasteiger partial charge in [0, 0.05) is 24.3 Å². The monoisotopic (exact) mass is 265 g/mol. The molecule has 0 saturated carbocycles. The Bertz CT molecular complexity index is 747. The number of nitrogens with zero attached hydrogens (tertiary/aromatic N) is 1. The van der Waals surface area contributed by atoms with Gasteiger partial charge in [-0.1, -0.05) is 30.3 Å². The molecule has 3 aromatic rings. The lowest BCUT2D eigenvalue weighted by Gasteiger charge is -2.10. The number of benzene rings is 2. The van der Waals surface area contributed by atoms with E-state index in [1.807, 2.05) is 72.4 Å². The van der Waals surface area contributed by atoms with Crippen LogP contribution in [0.5, 0.6) is 0 Å². The quantitative estimate of drug-likeness (QED) is 0.727. The Morgan fingerprint density at radius 3 is 2.55 bits per heavy atom. The van der Waals surface area contributed by atoms with Gasteiger partial charge >= 0.3 is 6.03 Å². The van der Waals surface area contributed by atoms with E-state index in [9.17, 15) is 4.79 Å². The third-order valence-corrected chi connectivity index (χ3v) is 3.18. The molecule has 4 heteroatoms. The van der Waals surface area contributed by atoms with Crippen molar-refractivity contribution in [2.45, 2.75) is 0 Å². The molecule has 3 rings (SSSR count). The van der Waals surface area contributed by atoms with E-state index in [-0.39, 0.29) is 6.03 Å².